The molecule has 1 aliphatic heterocycles. The van der Waals surface area contributed by atoms with E-state index in [4.69, 9.17) is 4.74 Å². The molecule has 2 aromatic heterocycles. The fourth-order valence-electron chi connectivity index (χ4n) is 3.53. The lowest BCUT2D eigenvalue weighted by atomic mass is 10.1. The number of ether oxygens (including phenoxy) is 1. The predicted molar refractivity (Wildman–Crippen MR) is 119 cm³/mol. The van der Waals surface area contributed by atoms with Gasteiger partial charge in [-0.3, -0.25) is 14.6 Å². The first-order valence-corrected chi connectivity index (χ1v) is 11.3. The molecule has 0 atom stereocenters. The number of amides is 1. The van der Waals surface area contributed by atoms with Crippen LogP contribution in [0.15, 0.2) is 45.6 Å². The van der Waals surface area contributed by atoms with E-state index >= 15 is 0 Å². The summed E-state index contributed by atoms with van der Waals surface area (Å²) in [7, 11) is 0. The number of hydrogen-bond acceptors (Lipinski definition) is 6. The molecule has 0 saturated carbocycles. The second kappa shape index (κ2) is 10.0. The molecule has 0 bridgehead atoms. The van der Waals surface area contributed by atoms with Crippen LogP contribution in [0.4, 0.5) is 10.3 Å². The number of carbonyl (C=O) groups is 1. The third-order valence-corrected chi connectivity index (χ3v) is 6.08. The molecule has 0 unspecified atom stereocenters. The van der Waals surface area contributed by atoms with Gasteiger partial charge in [0.05, 0.1) is 19.8 Å². The summed E-state index contributed by atoms with van der Waals surface area (Å²) in [6, 6.07) is 6.51. The number of nitrogens with one attached hydrogen (secondary N) is 1. The SMILES string of the molecule is Cc1nc(N2CCOCC2)[nH]c(=O)c1CCC(=O)N=c1sccn1Cc1ccccc1F. The number of H-pyrrole nitrogens is 1. The first-order valence-electron chi connectivity index (χ1n) is 10.4. The lowest BCUT2D eigenvalue weighted by Crippen LogP contribution is -2.38. The summed E-state index contributed by atoms with van der Waals surface area (Å²) in [5, 5.41) is 1.80. The monoisotopic (exact) mass is 457 g/mol. The van der Waals surface area contributed by atoms with E-state index in [0.29, 0.717) is 53.9 Å². The highest BCUT2D eigenvalue weighted by molar-refractivity contribution is 7.07. The summed E-state index contributed by atoms with van der Waals surface area (Å²) >= 11 is 1.31. The first-order chi connectivity index (χ1) is 15.5. The molecule has 168 valence electrons. The van der Waals surface area contributed by atoms with Crippen LogP contribution in [-0.4, -0.2) is 46.7 Å². The highest BCUT2D eigenvalue weighted by atomic mass is 32.1. The van der Waals surface area contributed by atoms with Crippen LogP contribution in [0.3, 0.4) is 0 Å². The van der Waals surface area contributed by atoms with Gasteiger partial charge in [0.1, 0.15) is 5.82 Å². The van der Waals surface area contributed by atoms with Crippen LogP contribution >= 0.6 is 11.3 Å². The Morgan fingerprint density at radius 2 is 2.09 bits per heavy atom. The first kappa shape index (κ1) is 22.1. The molecule has 1 fully saturated rings. The molecule has 1 aromatic carbocycles. The molecule has 0 radical (unpaired) electrons. The number of halogens is 1. The van der Waals surface area contributed by atoms with Crippen molar-refractivity contribution in [3.05, 3.63) is 73.6 Å². The Labute approximate surface area is 188 Å². The maximum atomic E-state index is 14.0. The maximum Gasteiger partial charge on any atom is 0.255 e. The molecule has 8 nitrogen and oxygen atoms in total. The van der Waals surface area contributed by atoms with Gasteiger partial charge in [0.25, 0.3) is 5.56 Å². The minimum absolute atomic E-state index is 0.0834. The van der Waals surface area contributed by atoms with Crippen molar-refractivity contribution < 1.29 is 13.9 Å². The molecular formula is C22H24FN5O3S. The van der Waals surface area contributed by atoms with Gasteiger partial charge in [-0.05, 0) is 19.4 Å². The van der Waals surface area contributed by atoms with Crippen molar-refractivity contribution in [2.75, 3.05) is 31.2 Å². The Balaban J connectivity index is 1.45. The fourth-order valence-corrected chi connectivity index (χ4v) is 4.27. The molecule has 1 aliphatic rings. The Morgan fingerprint density at radius 3 is 2.84 bits per heavy atom. The van der Waals surface area contributed by atoms with Crippen molar-refractivity contribution in [2.24, 2.45) is 4.99 Å². The van der Waals surface area contributed by atoms with Crippen molar-refractivity contribution >= 4 is 23.2 Å². The minimum atomic E-state index is -0.342. The highest BCUT2D eigenvalue weighted by Crippen LogP contribution is 2.12. The quantitative estimate of drug-likeness (QED) is 0.612. The number of morpholine rings is 1. The smallest absolute Gasteiger partial charge is 0.255 e. The highest BCUT2D eigenvalue weighted by Gasteiger charge is 2.17. The van der Waals surface area contributed by atoms with Gasteiger partial charge in [-0.15, -0.1) is 11.3 Å². The van der Waals surface area contributed by atoms with Gasteiger partial charge in [-0.1, -0.05) is 18.2 Å². The van der Waals surface area contributed by atoms with Gasteiger partial charge in [-0.25, -0.2) is 9.37 Å². The number of aromatic nitrogens is 3. The molecule has 10 heteroatoms. The summed E-state index contributed by atoms with van der Waals surface area (Å²) in [5.41, 5.74) is 1.37. The second-order valence-electron chi connectivity index (χ2n) is 7.46. The van der Waals surface area contributed by atoms with Crippen molar-refractivity contribution in [3.63, 3.8) is 0 Å². The van der Waals surface area contributed by atoms with Gasteiger partial charge in [0, 0.05) is 47.9 Å². The Hall–Kier alpha value is -3.11. The predicted octanol–water partition coefficient (Wildman–Crippen LogP) is 2.03. The largest absolute Gasteiger partial charge is 0.378 e. The van der Waals surface area contributed by atoms with Gasteiger partial charge >= 0.3 is 0 Å². The molecule has 0 aliphatic carbocycles. The van der Waals surface area contributed by atoms with Gasteiger partial charge in [-0.2, -0.15) is 4.99 Å². The average Bonchev–Trinajstić information content (AvgIpc) is 3.21. The summed E-state index contributed by atoms with van der Waals surface area (Å²) < 4.78 is 21.0. The van der Waals surface area contributed by atoms with Gasteiger partial charge in [0.2, 0.25) is 11.9 Å². The Bertz CT molecular complexity index is 1230. The Morgan fingerprint density at radius 1 is 1.31 bits per heavy atom. The zero-order chi connectivity index (χ0) is 22.5. The van der Waals surface area contributed by atoms with Crippen molar-refractivity contribution in [1.29, 1.82) is 0 Å². The number of aryl methyl sites for hydroxylation is 1. The van der Waals surface area contributed by atoms with Crippen molar-refractivity contribution in [3.8, 4) is 0 Å². The van der Waals surface area contributed by atoms with Crippen LogP contribution in [0.2, 0.25) is 0 Å². The maximum absolute atomic E-state index is 14.0. The molecule has 1 amide bonds. The lowest BCUT2D eigenvalue weighted by molar-refractivity contribution is -0.118. The molecular weight excluding hydrogens is 433 g/mol. The van der Waals surface area contributed by atoms with Crippen molar-refractivity contribution in [1.82, 2.24) is 14.5 Å². The number of aromatic amines is 1. The van der Waals surface area contributed by atoms with Crippen LogP contribution in [0.1, 0.15) is 23.2 Å². The van der Waals surface area contributed by atoms with E-state index in [9.17, 15) is 14.0 Å². The van der Waals surface area contributed by atoms with Gasteiger partial charge in [0.15, 0.2) is 4.80 Å². The normalized spacial score (nSPS) is 14.7. The van der Waals surface area contributed by atoms with Crippen LogP contribution in [-0.2, 0) is 22.5 Å². The van der Waals surface area contributed by atoms with Crippen LogP contribution in [0, 0.1) is 12.7 Å². The minimum Gasteiger partial charge on any atom is -0.378 e. The molecule has 1 N–H and O–H groups in total. The summed E-state index contributed by atoms with van der Waals surface area (Å²) in [6.07, 6.45) is 2.10. The zero-order valence-electron chi connectivity index (χ0n) is 17.7. The summed E-state index contributed by atoms with van der Waals surface area (Å²) in [4.78, 5) is 39.1. The second-order valence-corrected chi connectivity index (χ2v) is 8.34. The topological polar surface area (TPSA) is 92.6 Å². The van der Waals surface area contributed by atoms with E-state index in [1.165, 1.54) is 17.4 Å². The lowest BCUT2D eigenvalue weighted by Gasteiger charge is -2.27. The Kier molecular flexibility index (Phi) is 6.91. The standard InChI is InChI=1S/C22H24FN5O3S/c1-15-17(20(30)26-21(24-15)27-8-11-31-12-9-27)6-7-19(29)25-22-28(10-13-32-22)14-16-4-2-3-5-18(16)23/h2-5,10,13H,6-9,11-12,14H2,1H3,(H,24,26,30). The third kappa shape index (κ3) is 5.20. The van der Waals surface area contributed by atoms with E-state index in [-0.39, 0.29) is 36.7 Å². The number of thiazole rings is 1. The number of rotatable bonds is 6. The van der Waals surface area contributed by atoms with Crippen LogP contribution < -0.4 is 15.3 Å². The average molecular weight is 458 g/mol. The molecule has 3 aromatic rings. The number of nitrogens with zero attached hydrogens (tertiary/aromatic N) is 4. The number of hydrogen-bond donors (Lipinski definition) is 1. The van der Waals surface area contributed by atoms with E-state index in [0.717, 1.165) is 0 Å². The van der Waals surface area contributed by atoms with E-state index in [1.54, 1.807) is 41.3 Å². The van der Waals surface area contributed by atoms with E-state index in [1.807, 2.05) is 4.90 Å². The number of benzene rings is 1. The fraction of sp³-hybridized carbons (Fsp3) is 0.364. The van der Waals surface area contributed by atoms with E-state index < -0.39 is 0 Å². The van der Waals surface area contributed by atoms with Crippen LogP contribution in [0.25, 0.3) is 0 Å². The number of carbonyl (C=O) groups excluding carboxylic acids is 1. The summed E-state index contributed by atoms with van der Waals surface area (Å²) in [6.45, 7) is 4.60. The molecule has 3 heterocycles. The summed E-state index contributed by atoms with van der Waals surface area (Å²) in [5.74, 6) is -0.111. The molecule has 32 heavy (non-hydrogen) atoms. The molecule has 4 rings (SSSR count). The molecule has 0 spiro atoms. The van der Waals surface area contributed by atoms with Crippen molar-refractivity contribution in [2.45, 2.75) is 26.3 Å². The zero-order valence-corrected chi connectivity index (χ0v) is 18.5. The molecule has 1 saturated heterocycles. The number of anilines is 1. The third-order valence-electron chi connectivity index (χ3n) is 5.29. The van der Waals surface area contributed by atoms with Gasteiger partial charge < -0.3 is 14.2 Å². The van der Waals surface area contributed by atoms with Crippen LogP contribution in [0.5, 0.6) is 0 Å². The van der Waals surface area contributed by atoms with E-state index in [2.05, 4.69) is 15.0 Å².